The molecular formula is C31H31BrClN5O9. The van der Waals surface area contributed by atoms with Crippen molar-refractivity contribution in [2.24, 2.45) is 5.10 Å². The second-order valence-electron chi connectivity index (χ2n) is 9.93. The predicted octanol–water partition coefficient (Wildman–Crippen LogP) is 5.11. The van der Waals surface area contributed by atoms with Crippen molar-refractivity contribution >= 4 is 51.4 Å². The fraction of sp³-hybridized carbons (Fsp3) is 0.258. The molecule has 3 aromatic rings. The minimum Gasteiger partial charge on any atom is -0.490 e. The lowest BCUT2D eigenvalue weighted by molar-refractivity contribution is -0.384. The number of benzene rings is 3. The van der Waals surface area contributed by atoms with Crippen molar-refractivity contribution in [3.63, 3.8) is 0 Å². The Morgan fingerprint density at radius 3 is 2.60 bits per heavy atom. The largest absolute Gasteiger partial charge is 0.490 e. The van der Waals surface area contributed by atoms with Gasteiger partial charge in [0.15, 0.2) is 17.7 Å². The van der Waals surface area contributed by atoms with E-state index in [1.807, 2.05) is 0 Å². The number of nitrogens with zero attached hydrogens (tertiary/aromatic N) is 2. The summed E-state index contributed by atoms with van der Waals surface area (Å²) in [6, 6.07) is 12.9. The van der Waals surface area contributed by atoms with Crippen LogP contribution in [0.1, 0.15) is 36.6 Å². The van der Waals surface area contributed by atoms with Crippen LogP contribution in [0.25, 0.3) is 0 Å². The van der Waals surface area contributed by atoms with Crippen molar-refractivity contribution < 1.29 is 38.6 Å². The number of ether oxygens (including phenoxy) is 4. The number of aliphatic hydroxyl groups excluding tert-OH is 1. The number of amides is 2. The molecule has 1 aliphatic rings. The van der Waals surface area contributed by atoms with E-state index < -0.39 is 29.2 Å². The monoisotopic (exact) mass is 731 g/mol. The second-order valence-corrected chi connectivity index (χ2v) is 11.2. The van der Waals surface area contributed by atoms with Gasteiger partial charge in [-0.3, -0.25) is 15.5 Å². The normalized spacial score (nSPS) is 15.0. The minimum absolute atomic E-state index is 0.0251. The van der Waals surface area contributed by atoms with Crippen LogP contribution in [0.2, 0.25) is 5.02 Å². The van der Waals surface area contributed by atoms with Gasteiger partial charge < -0.3 is 34.7 Å². The number of hydrogen-bond acceptors (Lipinski definition) is 11. The van der Waals surface area contributed by atoms with Crippen LogP contribution in [-0.4, -0.2) is 54.8 Å². The highest BCUT2D eigenvalue weighted by Crippen LogP contribution is 2.35. The van der Waals surface area contributed by atoms with Gasteiger partial charge in [0.05, 0.1) is 40.9 Å². The van der Waals surface area contributed by atoms with Gasteiger partial charge >= 0.3 is 12.0 Å². The Kier molecular flexibility index (Phi) is 12.0. The molecule has 16 heteroatoms. The number of hydrazone groups is 1. The average molecular weight is 733 g/mol. The first-order valence-electron chi connectivity index (χ1n) is 14.1. The number of rotatable bonds is 14. The van der Waals surface area contributed by atoms with Crippen LogP contribution in [0.15, 0.2) is 75.4 Å². The van der Waals surface area contributed by atoms with Crippen LogP contribution in [-0.2, 0) is 16.1 Å². The number of halogens is 2. The smallest absolute Gasteiger partial charge is 0.337 e. The molecule has 0 spiro atoms. The summed E-state index contributed by atoms with van der Waals surface area (Å²) in [5, 5.41) is 31.2. The quantitative estimate of drug-likeness (QED) is 0.0572. The van der Waals surface area contributed by atoms with Gasteiger partial charge in [-0.25, -0.2) is 9.59 Å². The number of urea groups is 1. The molecule has 1 aliphatic heterocycles. The molecule has 47 heavy (non-hydrogen) atoms. The third-order valence-electron chi connectivity index (χ3n) is 6.67. The Hall–Kier alpha value is -4.86. The number of methoxy groups -OCH3 is 1. The first-order chi connectivity index (χ1) is 22.5. The van der Waals surface area contributed by atoms with E-state index in [4.69, 9.17) is 30.5 Å². The Balaban J connectivity index is 1.42. The Bertz CT molecular complexity index is 1700. The molecule has 0 unspecified atom stereocenters. The van der Waals surface area contributed by atoms with Crippen LogP contribution in [0.5, 0.6) is 17.2 Å². The first-order valence-corrected chi connectivity index (χ1v) is 15.3. The second kappa shape index (κ2) is 16.1. The topological polar surface area (TPSA) is 183 Å². The summed E-state index contributed by atoms with van der Waals surface area (Å²) in [5.74, 6) is 0.452. The number of hydrogen-bond donors (Lipinski definition) is 4. The van der Waals surface area contributed by atoms with Gasteiger partial charge in [-0.15, -0.1) is 0 Å². The summed E-state index contributed by atoms with van der Waals surface area (Å²) in [4.78, 5) is 35.1. The molecular weight excluding hydrogens is 702 g/mol. The maximum Gasteiger partial charge on any atom is 0.337 e. The maximum absolute atomic E-state index is 12.5. The number of carbonyl (C=O) groups excluding carboxylic acids is 2. The zero-order valence-electron chi connectivity index (χ0n) is 25.4. The van der Waals surface area contributed by atoms with Crippen LogP contribution >= 0.6 is 27.5 Å². The Morgan fingerprint density at radius 1 is 1.17 bits per heavy atom. The van der Waals surface area contributed by atoms with E-state index in [-0.39, 0.29) is 24.5 Å². The summed E-state index contributed by atoms with van der Waals surface area (Å²) in [6.07, 6.45) is 0.167. The van der Waals surface area contributed by atoms with E-state index >= 15 is 0 Å². The molecule has 0 aromatic heterocycles. The van der Waals surface area contributed by atoms with E-state index in [0.717, 1.165) is 0 Å². The predicted molar refractivity (Wildman–Crippen MR) is 176 cm³/mol. The minimum atomic E-state index is -1.24. The lowest BCUT2D eigenvalue weighted by Gasteiger charge is -2.28. The number of carbonyl (C=O) groups is 2. The van der Waals surface area contributed by atoms with Gasteiger partial charge in [0, 0.05) is 28.4 Å². The number of nitrogens with one attached hydrogen (secondary N) is 3. The first kappa shape index (κ1) is 35.0. The lowest BCUT2D eigenvalue weighted by atomic mass is 9.95. The molecule has 0 saturated carbocycles. The third kappa shape index (κ3) is 9.12. The zero-order chi connectivity index (χ0) is 34.1. The van der Waals surface area contributed by atoms with E-state index in [1.165, 1.54) is 25.5 Å². The lowest BCUT2D eigenvalue weighted by Crippen LogP contribution is -2.45. The Morgan fingerprint density at radius 2 is 1.91 bits per heavy atom. The van der Waals surface area contributed by atoms with Crippen LogP contribution in [0.3, 0.4) is 0 Å². The van der Waals surface area contributed by atoms with Crippen molar-refractivity contribution in [2.45, 2.75) is 32.7 Å². The highest BCUT2D eigenvalue weighted by atomic mass is 79.9. The number of aliphatic hydroxyl groups is 1. The summed E-state index contributed by atoms with van der Waals surface area (Å²) in [7, 11) is 1.26. The molecule has 0 aliphatic carbocycles. The van der Waals surface area contributed by atoms with Crippen LogP contribution in [0.4, 0.5) is 10.5 Å². The number of nitro benzene ring substituents is 1. The average Bonchev–Trinajstić information content (AvgIpc) is 3.03. The molecule has 4 rings (SSSR count). The zero-order valence-corrected chi connectivity index (χ0v) is 27.8. The summed E-state index contributed by atoms with van der Waals surface area (Å²) in [6.45, 7) is 3.59. The van der Waals surface area contributed by atoms with Crippen LogP contribution < -0.4 is 30.3 Å². The van der Waals surface area contributed by atoms with Gasteiger partial charge in [-0.05, 0) is 77.3 Å². The fourth-order valence-corrected chi connectivity index (χ4v) is 5.46. The number of esters is 1. The van der Waals surface area contributed by atoms with Crippen molar-refractivity contribution in [3.8, 4) is 17.2 Å². The SMILES string of the molecule is CCOc1cc([C@@H]2NC(=O)NC(C)=C2C(=O)OC)ccc1OC[C@H](O)N/N=C/c1cc(Cl)cc(Br)c1OCc1ccc([N+](=O)[O-])cc1. The molecule has 0 radical (unpaired) electrons. The van der Waals surface area contributed by atoms with E-state index in [2.05, 4.69) is 37.1 Å². The van der Waals surface area contributed by atoms with Crippen molar-refractivity contribution in [3.05, 3.63) is 102 Å². The summed E-state index contributed by atoms with van der Waals surface area (Å²) >= 11 is 9.66. The molecule has 4 N–H and O–H groups in total. The van der Waals surface area contributed by atoms with Gasteiger partial charge in [0.25, 0.3) is 5.69 Å². The summed E-state index contributed by atoms with van der Waals surface area (Å²) < 4.78 is 23.0. The third-order valence-corrected chi connectivity index (χ3v) is 7.47. The van der Waals surface area contributed by atoms with Gasteiger partial charge in [0.1, 0.15) is 19.0 Å². The molecule has 3 aromatic carbocycles. The van der Waals surface area contributed by atoms with E-state index in [1.54, 1.807) is 56.3 Å². The summed E-state index contributed by atoms with van der Waals surface area (Å²) in [5.41, 5.74) is 4.91. The maximum atomic E-state index is 12.5. The molecule has 2 atom stereocenters. The van der Waals surface area contributed by atoms with Crippen molar-refractivity contribution in [1.29, 1.82) is 0 Å². The van der Waals surface area contributed by atoms with Crippen molar-refractivity contribution in [2.75, 3.05) is 20.3 Å². The fourth-order valence-electron chi connectivity index (χ4n) is 4.51. The van der Waals surface area contributed by atoms with Gasteiger partial charge in [0.2, 0.25) is 0 Å². The molecule has 248 valence electrons. The Labute approximate surface area is 283 Å². The highest BCUT2D eigenvalue weighted by Gasteiger charge is 2.32. The molecule has 0 bridgehead atoms. The number of nitro groups is 1. The van der Waals surface area contributed by atoms with E-state index in [9.17, 15) is 24.8 Å². The van der Waals surface area contributed by atoms with Gasteiger partial charge in [-0.2, -0.15) is 5.10 Å². The van der Waals surface area contributed by atoms with E-state index in [0.29, 0.717) is 55.7 Å². The molecule has 0 fully saturated rings. The number of non-ortho nitro benzene ring substituents is 1. The molecule has 0 saturated heterocycles. The van der Waals surface area contributed by atoms with Crippen molar-refractivity contribution in [1.82, 2.24) is 16.1 Å². The number of allylic oxidation sites excluding steroid dienone is 1. The van der Waals surface area contributed by atoms with Crippen LogP contribution in [0, 0.1) is 10.1 Å². The standard InChI is InChI=1S/C31H31BrClN5O9/c1-4-45-25-12-19(28-27(30(40)44-3)17(2)35-31(41)36-28)7-10-24(25)46-16-26(39)37-34-14-20-11-21(33)13-23(32)29(20)47-15-18-5-8-22(9-6-18)38(42)43/h5-14,26,28,37,39H,4,15-16H2,1-3H3,(H2,35,36,41)/b34-14+/t26-,28-/m0/s1. The highest BCUT2D eigenvalue weighted by molar-refractivity contribution is 9.10. The molecule has 2 amide bonds. The van der Waals surface area contributed by atoms with Gasteiger partial charge in [-0.1, -0.05) is 17.7 Å². The molecule has 1 heterocycles. The molecule has 14 nitrogen and oxygen atoms in total.